The smallest absolute Gasteiger partial charge is 0.120 e. The van der Waals surface area contributed by atoms with Crippen molar-refractivity contribution in [3.05, 3.63) is 66.6 Å². The number of hydrogen-bond acceptors (Lipinski definition) is 2. The summed E-state index contributed by atoms with van der Waals surface area (Å²) in [5.41, 5.74) is 2.26. The molecular weight excluding hydrogens is 210 g/mol. The average molecular weight is 227 g/mol. The van der Waals surface area contributed by atoms with Crippen LogP contribution in [0.15, 0.2) is 59.7 Å². The first-order valence-corrected chi connectivity index (χ1v) is 5.77. The van der Waals surface area contributed by atoms with Crippen LogP contribution in [0.3, 0.4) is 0 Å². The van der Waals surface area contributed by atoms with Gasteiger partial charge in [0.2, 0.25) is 0 Å². The van der Waals surface area contributed by atoms with E-state index >= 15 is 0 Å². The second-order valence-corrected chi connectivity index (χ2v) is 4.09. The van der Waals surface area contributed by atoms with Crippen LogP contribution in [0.4, 0.5) is 0 Å². The molecule has 0 radical (unpaired) electrons. The van der Waals surface area contributed by atoms with Gasteiger partial charge in [0.15, 0.2) is 0 Å². The van der Waals surface area contributed by atoms with Gasteiger partial charge in [0.25, 0.3) is 0 Å². The molecule has 1 N–H and O–H groups in total. The molecule has 0 bridgehead atoms. The summed E-state index contributed by atoms with van der Waals surface area (Å²) in [4.78, 5) is 0. The van der Waals surface area contributed by atoms with Gasteiger partial charge in [-0.25, -0.2) is 0 Å². The number of nitrogens with one attached hydrogen (secondary N) is 1. The lowest BCUT2D eigenvalue weighted by atomic mass is 10.1. The van der Waals surface area contributed by atoms with Crippen molar-refractivity contribution >= 4 is 5.57 Å². The van der Waals surface area contributed by atoms with E-state index in [0.717, 1.165) is 17.9 Å². The Kier molecular flexibility index (Phi) is 3.78. The van der Waals surface area contributed by atoms with Crippen molar-refractivity contribution in [1.82, 2.24) is 5.32 Å². The van der Waals surface area contributed by atoms with Gasteiger partial charge in [0.1, 0.15) is 5.76 Å². The van der Waals surface area contributed by atoms with E-state index in [-0.39, 0.29) is 6.04 Å². The van der Waals surface area contributed by atoms with Crippen LogP contribution in [0.25, 0.3) is 5.57 Å². The molecule has 0 aliphatic carbocycles. The third-order valence-corrected chi connectivity index (χ3v) is 2.77. The molecule has 2 rings (SSSR count). The third-order valence-electron chi connectivity index (χ3n) is 2.77. The van der Waals surface area contributed by atoms with E-state index in [9.17, 15) is 0 Å². The summed E-state index contributed by atoms with van der Waals surface area (Å²) in [5.74, 6) is 0.950. The number of benzene rings is 1. The maximum atomic E-state index is 5.34. The average Bonchev–Trinajstić information content (AvgIpc) is 2.90. The first-order valence-electron chi connectivity index (χ1n) is 5.77. The molecular formula is C15H17NO. The third kappa shape index (κ3) is 3.08. The topological polar surface area (TPSA) is 25.2 Å². The Balaban J connectivity index is 1.89. The van der Waals surface area contributed by atoms with Crippen molar-refractivity contribution in [2.45, 2.75) is 13.0 Å². The Morgan fingerprint density at radius 3 is 2.65 bits per heavy atom. The number of furan rings is 1. The minimum atomic E-state index is 0.200. The predicted molar refractivity (Wildman–Crippen MR) is 70.6 cm³/mol. The largest absolute Gasteiger partial charge is 0.468 e. The quantitative estimate of drug-likeness (QED) is 0.843. The van der Waals surface area contributed by atoms with Crippen LogP contribution in [-0.2, 0) is 0 Å². The minimum absolute atomic E-state index is 0.200. The molecule has 1 aromatic carbocycles. The summed E-state index contributed by atoms with van der Waals surface area (Å²) in [6.45, 7) is 6.92. The maximum Gasteiger partial charge on any atom is 0.120 e. The highest BCUT2D eigenvalue weighted by molar-refractivity contribution is 5.64. The summed E-state index contributed by atoms with van der Waals surface area (Å²) in [7, 11) is 0. The molecule has 0 aliphatic rings. The Hall–Kier alpha value is -1.80. The highest BCUT2D eigenvalue weighted by Gasteiger charge is 2.07. The second kappa shape index (κ2) is 5.51. The normalized spacial score (nSPS) is 12.3. The molecule has 17 heavy (non-hydrogen) atoms. The van der Waals surface area contributed by atoms with Crippen molar-refractivity contribution in [1.29, 1.82) is 0 Å². The fourth-order valence-electron chi connectivity index (χ4n) is 1.69. The molecule has 0 saturated carbocycles. The highest BCUT2D eigenvalue weighted by atomic mass is 16.3. The van der Waals surface area contributed by atoms with Gasteiger partial charge >= 0.3 is 0 Å². The van der Waals surface area contributed by atoms with Crippen LogP contribution >= 0.6 is 0 Å². The van der Waals surface area contributed by atoms with Gasteiger partial charge in [-0.3, -0.25) is 0 Å². The summed E-state index contributed by atoms with van der Waals surface area (Å²) < 4.78 is 5.34. The molecule has 0 saturated heterocycles. The summed E-state index contributed by atoms with van der Waals surface area (Å²) in [6.07, 6.45) is 1.69. The van der Waals surface area contributed by atoms with E-state index < -0.39 is 0 Å². The zero-order valence-corrected chi connectivity index (χ0v) is 10.0. The fraction of sp³-hybridized carbons (Fsp3) is 0.200. The Morgan fingerprint density at radius 2 is 2.00 bits per heavy atom. The van der Waals surface area contributed by atoms with Gasteiger partial charge in [-0.2, -0.15) is 0 Å². The second-order valence-electron chi connectivity index (χ2n) is 4.09. The minimum Gasteiger partial charge on any atom is -0.468 e. The predicted octanol–water partition coefficient (Wildman–Crippen LogP) is 3.64. The van der Waals surface area contributed by atoms with Crippen LogP contribution in [0, 0.1) is 0 Å². The van der Waals surface area contributed by atoms with Crippen LogP contribution in [0.5, 0.6) is 0 Å². The molecule has 0 fully saturated rings. The van der Waals surface area contributed by atoms with E-state index in [2.05, 4.69) is 31.0 Å². The molecule has 1 aromatic heterocycles. The zero-order chi connectivity index (χ0) is 12.1. The lowest BCUT2D eigenvalue weighted by Gasteiger charge is -2.13. The Morgan fingerprint density at radius 1 is 1.24 bits per heavy atom. The van der Waals surface area contributed by atoms with Crippen LogP contribution in [-0.4, -0.2) is 6.54 Å². The molecule has 0 spiro atoms. The number of rotatable bonds is 5. The monoisotopic (exact) mass is 227 g/mol. The van der Waals surface area contributed by atoms with Gasteiger partial charge in [0.05, 0.1) is 12.3 Å². The van der Waals surface area contributed by atoms with Gasteiger partial charge in [-0.15, -0.1) is 0 Å². The van der Waals surface area contributed by atoms with Gasteiger partial charge in [0, 0.05) is 6.54 Å². The van der Waals surface area contributed by atoms with Crippen molar-refractivity contribution in [3.8, 4) is 0 Å². The van der Waals surface area contributed by atoms with Gasteiger partial charge in [-0.05, 0) is 30.2 Å². The van der Waals surface area contributed by atoms with E-state index in [1.165, 1.54) is 5.56 Å². The van der Waals surface area contributed by atoms with Crippen LogP contribution < -0.4 is 5.32 Å². The lowest BCUT2D eigenvalue weighted by Crippen LogP contribution is -2.20. The van der Waals surface area contributed by atoms with E-state index in [0.29, 0.717) is 0 Å². The van der Waals surface area contributed by atoms with Crippen LogP contribution in [0.1, 0.15) is 24.3 Å². The highest BCUT2D eigenvalue weighted by Crippen LogP contribution is 2.15. The molecule has 0 unspecified atom stereocenters. The lowest BCUT2D eigenvalue weighted by molar-refractivity contribution is 0.443. The number of hydrogen-bond donors (Lipinski definition) is 1. The zero-order valence-electron chi connectivity index (χ0n) is 10.0. The Labute approximate surface area is 102 Å². The van der Waals surface area contributed by atoms with Gasteiger partial charge in [-0.1, -0.05) is 36.9 Å². The first-order chi connectivity index (χ1) is 8.27. The molecule has 0 aliphatic heterocycles. The van der Waals surface area contributed by atoms with Crippen molar-refractivity contribution in [3.63, 3.8) is 0 Å². The standard InChI is InChI=1S/C15H17NO/c1-12(14-7-4-3-5-8-14)11-16-13(2)15-9-6-10-17-15/h3-10,13,16H,1,11H2,2H3/t13-/m1/s1. The molecule has 0 amide bonds. The maximum absolute atomic E-state index is 5.34. The SMILES string of the molecule is C=C(CN[C@H](C)c1ccco1)c1ccccc1. The summed E-state index contributed by atoms with van der Waals surface area (Å²) in [6, 6.07) is 14.3. The van der Waals surface area contributed by atoms with E-state index in [1.807, 2.05) is 30.3 Å². The Bertz CT molecular complexity index is 459. The van der Waals surface area contributed by atoms with Crippen molar-refractivity contribution in [2.24, 2.45) is 0 Å². The molecule has 88 valence electrons. The molecule has 2 nitrogen and oxygen atoms in total. The van der Waals surface area contributed by atoms with Crippen LogP contribution in [0.2, 0.25) is 0 Å². The fourth-order valence-corrected chi connectivity index (χ4v) is 1.69. The molecule has 2 heteroatoms. The molecule has 1 atom stereocenters. The van der Waals surface area contributed by atoms with Gasteiger partial charge < -0.3 is 9.73 Å². The summed E-state index contributed by atoms with van der Waals surface area (Å²) >= 11 is 0. The molecule has 1 heterocycles. The van der Waals surface area contributed by atoms with Crippen molar-refractivity contribution in [2.75, 3.05) is 6.54 Å². The molecule has 2 aromatic rings. The van der Waals surface area contributed by atoms with Crippen molar-refractivity contribution < 1.29 is 4.42 Å². The summed E-state index contributed by atoms with van der Waals surface area (Å²) in [5, 5.41) is 3.39. The first kappa shape index (κ1) is 11.7. The van der Waals surface area contributed by atoms with E-state index in [1.54, 1.807) is 6.26 Å². The van der Waals surface area contributed by atoms with E-state index in [4.69, 9.17) is 4.42 Å².